The molecular weight excluding hydrogens is 425 g/mol. The SMILES string of the molecule is CC=C(C=C(C)C)c1ccc(CC(=O)Nc2ccc(-c3ccccc3)cn2)cc1C(F)(F)F. The first-order chi connectivity index (χ1) is 15.7. The summed E-state index contributed by atoms with van der Waals surface area (Å²) in [5, 5.41) is 2.65. The molecule has 2 aromatic carbocycles. The molecule has 3 nitrogen and oxygen atoms in total. The summed E-state index contributed by atoms with van der Waals surface area (Å²) in [5.74, 6) is -0.0986. The van der Waals surface area contributed by atoms with Crippen LogP contribution in [0.25, 0.3) is 16.7 Å². The third-order valence-corrected chi connectivity index (χ3v) is 4.96. The molecule has 0 aliphatic rings. The number of carbonyl (C=O) groups excluding carboxylic acids is 1. The van der Waals surface area contributed by atoms with Crippen LogP contribution in [0.4, 0.5) is 19.0 Å². The second kappa shape index (κ2) is 10.3. The molecule has 1 aromatic heterocycles. The summed E-state index contributed by atoms with van der Waals surface area (Å²) in [5.41, 5.74) is 2.88. The highest BCUT2D eigenvalue weighted by Crippen LogP contribution is 2.36. The molecule has 1 heterocycles. The third-order valence-electron chi connectivity index (χ3n) is 4.96. The minimum atomic E-state index is -4.54. The van der Waals surface area contributed by atoms with Crippen LogP contribution in [-0.2, 0) is 17.4 Å². The summed E-state index contributed by atoms with van der Waals surface area (Å²) in [6, 6.07) is 17.2. The van der Waals surface area contributed by atoms with E-state index in [1.165, 1.54) is 6.07 Å². The lowest BCUT2D eigenvalue weighted by molar-refractivity contribution is -0.137. The Morgan fingerprint density at radius 2 is 1.73 bits per heavy atom. The lowest BCUT2D eigenvalue weighted by Gasteiger charge is -2.16. The van der Waals surface area contributed by atoms with Gasteiger partial charge in [0.05, 0.1) is 12.0 Å². The molecule has 0 radical (unpaired) electrons. The summed E-state index contributed by atoms with van der Waals surface area (Å²) in [6.45, 7) is 5.36. The Labute approximate surface area is 191 Å². The van der Waals surface area contributed by atoms with Gasteiger partial charge in [-0.05, 0) is 61.2 Å². The van der Waals surface area contributed by atoms with Crippen LogP contribution in [-0.4, -0.2) is 10.9 Å². The predicted molar refractivity (Wildman–Crippen MR) is 127 cm³/mol. The molecule has 33 heavy (non-hydrogen) atoms. The van der Waals surface area contributed by atoms with E-state index in [-0.39, 0.29) is 17.5 Å². The molecule has 0 atom stereocenters. The maximum Gasteiger partial charge on any atom is 0.417 e. The van der Waals surface area contributed by atoms with Crippen LogP contribution in [0.5, 0.6) is 0 Å². The molecule has 3 aromatic rings. The van der Waals surface area contributed by atoms with Crippen LogP contribution in [0.15, 0.2) is 84.6 Å². The number of hydrogen-bond donors (Lipinski definition) is 1. The summed E-state index contributed by atoms with van der Waals surface area (Å²) < 4.78 is 41.3. The average Bonchev–Trinajstić information content (AvgIpc) is 2.78. The number of aromatic nitrogens is 1. The van der Waals surface area contributed by atoms with E-state index in [1.807, 2.05) is 50.2 Å². The fourth-order valence-corrected chi connectivity index (χ4v) is 3.46. The van der Waals surface area contributed by atoms with Crippen molar-refractivity contribution in [3.8, 4) is 11.1 Å². The number of rotatable bonds is 6. The Balaban J connectivity index is 1.77. The van der Waals surface area contributed by atoms with Gasteiger partial charge in [-0.2, -0.15) is 13.2 Å². The molecule has 1 N–H and O–H groups in total. The smallest absolute Gasteiger partial charge is 0.310 e. The number of carbonyl (C=O) groups is 1. The number of nitrogens with zero attached hydrogens (tertiary/aromatic N) is 1. The molecule has 0 saturated heterocycles. The molecule has 0 fully saturated rings. The predicted octanol–water partition coefficient (Wildman–Crippen LogP) is 7.32. The molecule has 1 amide bonds. The van der Waals surface area contributed by atoms with E-state index < -0.39 is 17.6 Å². The number of alkyl halides is 3. The van der Waals surface area contributed by atoms with Crippen molar-refractivity contribution in [2.75, 3.05) is 5.32 Å². The minimum absolute atomic E-state index is 0.0912. The van der Waals surface area contributed by atoms with Gasteiger partial charge in [0.25, 0.3) is 0 Å². The fourth-order valence-electron chi connectivity index (χ4n) is 3.46. The Morgan fingerprint density at radius 3 is 2.30 bits per heavy atom. The summed E-state index contributed by atoms with van der Waals surface area (Å²) >= 11 is 0. The van der Waals surface area contributed by atoms with Gasteiger partial charge in [0.1, 0.15) is 5.82 Å². The largest absolute Gasteiger partial charge is 0.417 e. The van der Waals surface area contributed by atoms with Gasteiger partial charge in [-0.1, -0.05) is 60.2 Å². The van der Waals surface area contributed by atoms with Crippen molar-refractivity contribution in [3.63, 3.8) is 0 Å². The van der Waals surface area contributed by atoms with E-state index in [2.05, 4.69) is 10.3 Å². The van der Waals surface area contributed by atoms with Gasteiger partial charge in [0, 0.05) is 11.8 Å². The number of anilines is 1. The fraction of sp³-hybridized carbons (Fsp3) is 0.185. The maximum absolute atomic E-state index is 13.8. The molecule has 0 unspecified atom stereocenters. The highest BCUT2D eigenvalue weighted by molar-refractivity contribution is 5.91. The number of benzene rings is 2. The van der Waals surface area contributed by atoms with E-state index in [0.717, 1.165) is 22.8 Å². The van der Waals surface area contributed by atoms with Crippen molar-refractivity contribution in [3.05, 3.63) is 101 Å². The van der Waals surface area contributed by atoms with Crippen LogP contribution in [0.3, 0.4) is 0 Å². The lowest BCUT2D eigenvalue weighted by atomic mass is 9.94. The van der Waals surface area contributed by atoms with Crippen molar-refractivity contribution in [1.82, 2.24) is 4.98 Å². The summed E-state index contributed by atoms with van der Waals surface area (Å²) in [4.78, 5) is 16.7. The molecule has 0 aliphatic heterocycles. The van der Waals surface area contributed by atoms with Crippen LogP contribution >= 0.6 is 0 Å². The van der Waals surface area contributed by atoms with E-state index in [4.69, 9.17) is 0 Å². The average molecular weight is 451 g/mol. The first kappa shape index (κ1) is 24.0. The van der Waals surface area contributed by atoms with Gasteiger partial charge in [-0.25, -0.2) is 4.98 Å². The normalized spacial score (nSPS) is 11.8. The van der Waals surface area contributed by atoms with E-state index in [0.29, 0.717) is 11.4 Å². The van der Waals surface area contributed by atoms with E-state index in [1.54, 1.807) is 37.4 Å². The molecule has 0 bridgehead atoms. The third kappa shape index (κ3) is 6.42. The lowest BCUT2D eigenvalue weighted by Crippen LogP contribution is -2.16. The number of amides is 1. The summed E-state index contributed by atoms with van der Waals surface area (Å²) in [6.07, 6.45) is 0.263. The van der Waals surface area contributed by atoms with E-state index in [9.17, 15) is 18.0 Å². The minimum Gasteiger partial charge on any atom is -0.310 e. The highest BCUT2D eigenvalue weighted by atomic mass is 19.4. The molecule has 0 spiro atoms. The quantitative estimate of drug-likeness (QED) is 0.400. The molecule has 0 aliphatic carbocycles. The molecular formula is C27H25F3N2O. The van der Waals surface area contributed by atoms with Crippen LogP contribution in [0, 0.1) is 0 Å². The second-order valence-corrected chi connectivity index (χ2v) is 7.87. The van der Waals surface area contributed by atoms with Gasteiger partial charge in [0.15, 0.2) is 0 Å². The van der Waals surface area contributed by atoms with Gasteiger partial charge < -0.3 is 5.32 Å². The zero-order valence-corrected chi connectivity index (χ0v) is 18.7. The zero-order chi connectivity index (χ0) is 24.0. The topological polar surface area (TPSA) is 42.0 Å². The van der Waals surface area contributed by atoms with Crippen LogP contribution < -0.4 is 5.32 Å². The Kier molecular flexibility index (Phi) is 7.48. The Hall–Kier alpha value is -3.67. The maximum atomic E-state index is 13.8. The Morgan fingerprint density at radius 1 is 1.00 bits per heavy atom. The van der Waals surface area contributed by atoms with Crippen molar-refractivity contribution >= 4 is 17.3 Å². The van der Waals surface area contributed by atoms with Gasteiger partial charge in [-0.3, -0.25) is 4.79 Å². The van der Waals surface area contributed by atoms with E-state index >= 15 is 0 Å². The summed E-state index contributed by atoms with van der Waals surface area (Å²) in [7, 11) is 0. The van der Waals surface area contributed by atoms with Crippen LogP contribution in [0.1, 0.15) is 37.5 Å². The first-order valence-corrected chi connectivity index (χ1v) is 10.5. The Bertz CT molecular complexity index is 1170. The zero-order valence-electron chi connectivity index (χ0n) is 18.7. The van der Waals surface area contributed by atoms with Crippen molar-refractivity contribution in [1.29, 1.82) is 0 Å². The number of hydrogen-bond acceptors (Lipinski definition) is 2. The van der Waals surface area contributed by atoms with Crippen molar-refractivity contribution in [2.24, 2.45) is 0 Å². The van der Waals surface area contributed by atoms with Crippen molar-refractivity contribution in [2.45, 2.75) is 33.4 Å². The number of pyridine rings is 1. The van der Waals surface area contributed by atoms with Crippen molar-refractivity contribution < 1.29 is 18.0 Å². The highest BCUT2D eigenvalue weighted by Gasteiger charge is 2.34. The molecule has 3 rings (SSSR count). The second-order valence-electron chi connectivity index (χ2n) is 7.87. The standard InChI is InChI=1S/C27H25F3N2O/c1-4-20(14-18(2)3)23-12-10-19(15-24(23)27(28,29)30)16-26(33)32-25-13-11-22(17-31-25)21-8-6-5-7-9-21/h4-15,17H,16H2,1-3H3,(H,31,32,33). The number of allylic oxidation sites excluding steroid dienone is 4. The number of nitrogens with one attached hydrogen (secondary N) is 1. The van der Waals surface area contributed by atoms with Gasteiger partial charge in [-0.15, -0.1) is 0 Å². The van der Waals surface area contributed by atoms with Crippen LogP contribution in [0.2, 0.25) is 0 Å². The molecule has 170 valence electrons. The van der Waals surface area contributed by atoms with Gasteiger partial charge >= 0.3 is 6.18 Å². The molecule has 6 heteroatoms. The van der Waals surface area contributed by atoms with Gasteiger partial charge in [0.2, 0.25) is 5.91 Å². The first-order valence-electron chi connectivity index (χ1n) is 10.5. The monoisotopic (exact) mass is 450 g/mol. The number of halogens is 3. The molecule has 0 saturated carbocycles.